The molecule has 4 rings (SSSR count). The van der Waals surface area contributed by atoms with Gasteiger partial charge in [0.2, 0.25) is 0 Å². The molecular weight excluding hydrogens is 398 g/mol. The molecule has 1 aromatic rings. The summed E-state index contributed by atoms with van der Waals surface area (Å²) in [6.45, 7) is 4.89. The van der Waals surface area contributed by atoms with Gasteiger partial charge in [0, 0.05) is 30.4 Å². The number of benzene rings is 1. The molecule has 7 nitrogen and oxygen atoms in total. The lowest BCUT2D eigenvalue weighted by Crippen LogP contribution is -2.39. The summed E-state index contributed by atoms with van der Waals surface area (Å²) in [5.74, 6) is -1.05. The van der Waals surface area contributed by atoms with Crippen molar-refractivity contribution in [3.8, 4) is 11.5 Å². The van der Waals surface area contributed by atoms with E-state index in [1.807, 2.05) is 6.92 Å². The summed E-state index contributed by atoms with van der Waals surface area (Å²) in [5, 5.41) is 10.1. The molecule has 0 bridgehead atoms. The third-order valence-corrected chi connectivity index (χ3v) is 6.19. The van der Waals surface area contributed by atoms with Gasteiger partial charge in [0.15, 0.2) is 11.5 Å². The van der Waals surface area contributed by atoms with Crippen LogP contribution in [-0.4, -0.2) is 48.5 Å². The topological polar surface area (TPSA) is 94.4 Å². The summed E-state index contributed by atoms with van der Waals surface area (Å²) in [6.07, 6.45) is 3.72. The number of Topliss-reactive ketones (excluding diaryl/α,β-unsaturated/α-hetero) is 1. The van der Waals surface area contributed by atoms with Crippen LogP contribution in [0.4, 0.5) is 0 Å². The number of hydrogen-bond acceptors (Lipinski definition) is 7. The minimum absolute atomic E-state index is 0.0217. The van der Waals surface area contributed by atoms with Crippen LogP contribution in [-0.2, 0) is 19.1 Å². The van der Waals surface area contributed by atoms with Crippen molar-refractivity contribution >= 4 is 17.5 Å². The summed E-state index contributed by atoms with van der Waals surface area (Å²) >= 11 is 0. The van der Waals surface area contributed by atoms with E-state index in [1.165, 1.54) is 0 Å². The molecule has 166 valence electrons. The van der Waals surface area contributed by atoms with Crippen molar-refractivity contribution in [2.45, 2.75) is 58.0 Å². The molecular formula is C24H29NO6. The number of carbonyl (C=O) groups excluding carboxylic acids is 2. The summed E-state index contributed by atoms with van der Waals surface area (Å²) in [6, 6.07) is 5.01. The van der Waals surface area contributed by atoms with E-state index in [-0.39, 0.29) is 24.2 Å². The fraction of sp³-hybridized carbons (Fsp3) is 0.542. The maximum Gasteiger partial charge on any atom is 0.336 e. The molecule has 3 aliphatic rings. The Morgan fingerprint density at radius 2 is 2.10 bits per heavy atom. The molecule has 2 aliphatic heterocycles. The fourth-order valence-corrected chi connectivity index (χ4v) is 4.76. The summed E-state index contributed by atoms with van der Waals surface area (Å²) in [7, 11) is 0. The van der Waals surface area contributed by atoms with Crippen molar-refractivity contribution in [2.24, 2.45) is 10.9 Å². The first-order valence-electron chi connectivity index (χ1n) is 11.0. The average molecular weight is 427 g/mol. The molecule has 1 aliphatic carbocycles. The molecule has 0 spiro atoms. The maximum atomic E-state index is 13.2. The molecule has 0 amide bonds. The SMILES string of the molecule is CCOc1cc([C@@H]2C(C(=O)OC[C@@H]3CCCO3)=C(C)N=C3CCCC(=O)C32)ccc1O. The summed E-state index contributed by atoms with van der Waals surface area (Å²) in [4.78, 5) is 30.8. The number of hydrogen-bond donors (Lipinski definition) is 1. The number of phenolic OH excluding ortho intramolecular Hbond substituents is 1. The highest BCUT2D eigenvalue weighted by molar-refractivity contribution is 6.11. The highest BCUT2D eigenvalue weighted by Gasteiger charge is 2.44. The Morgan fingerprint density at radius 1 is 1.26 bits per heavy atom. The molecule has 0 aromatic heterocycles. The number of fused-ring (bicyclic) bond motifs is 1. The molecule has 2 heterocycles. The van der Waals surface area contributed by atoms with Crippen LogP contribution in [0.2, 0.25) is 0 Å². The molecule has 0 radical (unpaired) electrons. The van der Waals surface area contributed by atoms with Crippen LogP contribution >= 0.6 is 0 Å². The van der Waals surface area contributed by atoms with Gasteiger partial charge in [0.25, 0.3) is 0 Å². The minimum atomic E-state index is -0.517. The second-order valence-corrected chi connectivity index (χ2v) is 8.27. The zero-order valence-corrected chi connectivity index (χ0v) is 18.1. The largest absolute Gasteiger partial charge is 0.504 e. The van der Waals surface area contributed by atoms with Crippen LogP contribution in [0.25, 0.3) is 0 Å². The Bertz CT molecular complexity index is 928. The quantitative estimate of drug-likeness (QED) is 0.696. The van der Waals surface area contributed by atoms with E-state index in [2.05, 4.69) is 4.99 Å². The number of ether oxygens (including phenoxy) is 3. The Hall–Kier alpha value is -2.67. The molecule has 1 N–H and O–H groups in total. The van der Waals surface area contributed by atoms with Crippen LogP contribution in [0.5, 0.6) is 11.5 Å². The second-order valence-electron chi connectivity index (χ2n) is 8.27. The van der Waals surface area contributed by atoms with Gasteiger partial charge >= 0.3 is 5.97 Å². The Morgan fingerprint density at radius 3 is 2.84 bits per heavy atom. The molecule has 7 heteroatoms. The Balaban J connectivity index is 1.72. The number of esters is 1. The van der Waals surface area contributed by atoms with Crippen LogP contribution in [0.3, 0.4) is 0 Å². The van der Waals surface area contributed by atoms with E-state index in [0.29, 0.717) is 36.7 Å². The van der Waals surface area contributed by atoms with Crippen molar-refractivity contribution in [1.82, 2.24) is 0 Å². The zero-order chi connectivity index (χ0) is 22.0. The minimum Gasteiger partial charge on any atom is -0.504 e. The van der Waals surface area contributed by atoms with Gasteiger partial charge in [0.05, 0.1) is 24.2 Å². The van der Waals surface area contributed by atoms with Crippen molar-refractivity contribution in [1.29, 1.82) is 0 Å². The first-order valence-corrected chi connectivity index (χ1v) is 11.0. The van der Waals surface area contributed by atoms with Crippen molar-refractivity contribution < 1.29 is 28.9 Å². The maximum absolute atomic E-state index is 13.2. The fourth-order valence-electron chi connectivity index (χ4n) is 4.76. The van der Waals surface area contributed by atoms with Crippen molar-refractivity contribution in [3.63, 3.8) is 0 Å². The molecule has 3 atom stereocenters. The monoisotopic (exact) mass is 427 g/mol. The number of aliphatic imine (C=N–C) groups is 1. The predicted octanol–water partition coefficient (Wildman–Crippen LogP) is 3.69. The van der Waals surface area contributed by atoms with Gasteiger partial charge in [-0.25, -0.2) is 4.79 Å². The molecule has 1 unspecified atom stereocenters. The number of phenols is 1. The number of allylic oxidation sites excluding steroid dienone is 1. The number of aromatic hydroxyl groups is 1. The van der Waals surface area contributed by atoms with Gasteiger partial charge in [0.1, 0.15) is 12.4 Å². The predicted molar refractivity (Wildman–Crippen MR) is 114 cm³/mol. The molecule has 1 aromatic carbocycles. The molecule has 31 heavy (non-hydrogen) atoms. The number of rotatable bonds is 6. The van der Waals surface area contributed by atoms with Gasteiger partial charge in [-0.05, 0) is 57.2 Å². The van der Waals surface area contributed by atoms with E-state index in [4.69, 9.17) is 14.2 Å². The third kappa shape index (κ3) is 4.37. The smallest absolute Gasteiger partial charge is 0.336 e. The zero-order valence-electron chi connectivity index (χ0n) is 18.1. The Labute approximate surface area is 182 Å². The highest BCUT2D eigenvalue weighted by atomic mass is 16.6. The lowest BCUT2D eigenvalue weighted by atomic mass is 9.69. The first kappa shape index (κ1) is 21.6. The number of ketones is 1. The normalized spacial score (nSPS) is 25.8. The second kappa shape index (κ2) is 9.22. The van der Waals surface area contributed by atoms with E-state index in [9.17, 15) is 14.7 Å². The van der Waals surface area contributed by atoms with Gasteiger partial charge in [-0.3, -0.25) is 9.79 Å². The highest BCUT2D eigenvalue weighted by Crippen LogP contribution is 2.44. The van der Waals surface area contributed by atoms with Crippen molar-refractivity contribution in [2.75, 3.05) is 19.8 Å². The van der Waals surface area contributed by atoms with Gasteiger partial charge in [-0.15, -0.1) is 0 Å². The third-order valence-electron chi connectivity index (χ3n) is 6.19. The van der Waals surface area contributed by atoms with Crippen molar-refractivity contribution in [3.05, 3.63) is 35.0 Å². The molecule has 1 saturated heterocycles. The van der Waals surface area contributed by atoms with Crippen LogP contribution in [0.15, 0.2) is 34.5 Å². The summed E-state index contributed by atoms with van der Waals surface area (Å²) in [5.41, 5.74) is 2.53. The lowest BCUT2D eigenvalue weighted by molar-refractivity contribution is -0.142. The van der Waals surface area contributed by atoms with E-state index < -0.39 is 17.8 Å². The van der Waals surface area contributed by atoms with Crippen LogP contribution in [0.1, 0.15) is 57.4 Å². The van der Waals surface area contributed by atoms with Crippen LogP contribution < -0.4 is 4.74 Å². The van der Waals surface area contributed by atoms with E-state index in [0.717, 1.165) is 37.0 Å². The average Bonchev–Trinajstić information content (AvgIpc) is 3.27. The van der Waals surface area contributed by atoms with Gasteiger partial charge in [-0.2, -0.15) is 0 Å². The van der Waals surface area contributed by atoms with Gasteiger partial charge in [-0.1, -0.05) is 6.07 Å². The molecule has 2 fully saturated rings. The van der Waals surface area contributed by atoms with E-state index in [1.54, 1.807) is 25.1 Å². The standard InChI is InChI=1S/C24H29NO6/c1-3-29-20-12-15(9-10-18(20)26)22-21(24(28)31-13-16-6-5-11-30-16)14(2)25-17-7-4-8-19(27)23(17)22/h9-10,12,16,22-23,26H,3-8,11,13H2,1-2H3/t16-,22+,23?/m0/s1. The van der Waals surface area contributed by atoms with Crippen LogP contribution in [0, 0.1) is 5.92 Å². The lowest BCUT2D eigenvalue weighted by Gasteiger charge is -2.35. The summed E-state index contributed by atoms with van der Waals surface area (Å²) < 4.78 is 16.7. The van der Waals surface area contributed by atoms with E-state index >= 15 is 0 Å². The number of nitrogens with zero attached hydrogens (tertiary/aromatic N) is 1. The first-order chi connectivity index (χ1) is 15.0. The van der Waals surface area contributed by atoms with Gasteiger partial charge < -0.3 is 19.3 Å². The Kier molecular flexibility index (Phi) is 6.41. The number of carbonyl (C=O) groups is 2. The molecule has 1 saturated carbocycles.